The van der Waals surface area contributed by atoms with Gasteiger partial charge in [-0.05, 0) is 69.6 Å². The number of ether oxygens (including phenoxy) is 3. The molecule has 11 nitrogen and oxygen atoms in total. The van der Waals surface area contributed by atoms with Crippen molar-refractivity contribution in [2.24, 2.45) is 11.8 Å². The second-order valence-electron chi connectivity index (χ2n) is 13.8. The van der Waals surface area contributed by atoms with E-state index in [1.165, 1.54) is 16.4 Å². The topological polar surface area (TPSA) is 133 Å². The number of fused-ring (bicyclic) bond motifs is 1. The lowest BCUT2D eigenvalue weighted by Gasteiger charge is -2.32. The molecular formula is C33H47BN2O9S. The zero-order valence-corrected chi connectivity index (χ0v) is 28.4. The molecule has 2 N–H and O–H groups in total. The second-order valence-corrected chi connectivity index (χ2v) is 15.8. The van der Waals surface area contributed by atoms with Crippen molar-refractivity contribution in [2.75, 3.05) is 26.3 Å². The summed E-state index contributed by atoms with van der Waals surface area (Å²) in [6.45, 7) is 12.4. The van der Waals surface area contributed by atoms with Crippen molar-refractivity contribution < 1.29 is 41.8 Å². The number of carbonyl (C=O) groups is 1. The van der Waals surface area contributed by atoms with E-state index in [0.29, 0.717) is 12.1 Å². The normalized spacial score (nSPS) is 25.1. The molecule has 1 amide bonds. The van der Waals surface area contributed by atoms with Crippen molar-refractivity contribution in [1.82, 2.24) is 9.62 Å². The minimum absolute atomic E-state index is 0.0274. The molecular weight excluding hydrogens is 611 g/mol. The Morgan fingerprint density at radius 2 is 1.67 bits per heavy atom. The third-order valence-corrected chi connectivity index (χ3v) is 11.2. The first kappa shape index (κ1) is 34.8. The summed E-state index contributed by atoms with van der Waals surface area (Å²) in [6, 6.07) is 15.0. The summed E-state index contributed by atoms with van der Waals surface area (Å²) < 4.78 is 58.4. The molecule has 3 fully saturated rings. The van der Waals surface area contributed by atoms with E-state index in [2.05, 4.69) is 5.32 Å². The van der Waals surface area contributed by atoms with Gasteiger partial charge in [0.1, 0.15) is 6.10 Å². The summed E-state index contributed by atoms with van der Waals surface area (Å²) in [6.07, 6.45) is -1.76. The average Bonchev–Trinajstić information content (AvgIpc) is 3.67. The number of aliphatic hydroxyl groups is 1. The number of alkyl carbamates (subject to hydrolysis) is 1. The number of benzene rings is 2. The SMILES string of the molecule is CC(C)CN(CC(O)C(Cc1ccccc1)NC(=O)O[C@H]1COC2OCC[C@H]21)S(=O)(=O)c1ccc(B2OC(C)(C)C(C)(C)O2)cc1. The first-order chi connectivity index (χ1) is 21.7. The molecule has 3 aliphatic rings. The van der Waals surface area contributed by atoms with Gasteiger partial charge in [0, 0.05) is 13.1 Å². The number of carbonyl (C=O) groups excluding carboxylic acids is 1. The van der Waals surface area contributed by atoms with E-state index in [1.807, 2.05) is 71.9 Å². The molecule has 0 aliphatic carbocycles. The van der Waals surface area contributed by atoms with Gasteiger partial charge in [0.25, 0.3) is 0 Å². The molecule has 3 saturated heterocycles. The lowest BCUT2D eigenvalue weighted by molar-refractivity contribution is -0.0907. The maximum Gasteiger partial charge on any atom is 0.494 e. The molecule has 5 atom stereocenters. The predicted molar refractivity (Wildman–Crippen MR) is 173 cm³/mol. The standard InChI is InChI=1S/C33H47BN2O9S/c1-22(2)19-36(46(39,40)25-14-12-24(13-15-25)34-44-32(3,4)33(5,6)45-34)20-28(37)27(18-23-10-8-7-9-11-23)35-31(38)43-29-21-42-30-26(29)16-17-41-30/h7-15,22,26-30,37H,16-21H2,1-6H3,(H,35,38)/t26-,27?,28?,29-,30?/m0/s1. The quantitative estimate of drug-likeness (QED) is 0.330. The van der Waals surface area contributed by atoms with Gasteiger partial charge in [-0.15, -0.1) is 0 Å². The monoisotopic (exact) mass is 658 g/mol. The van der Waals surface area contributed by atoms with Crippen LogP contribution >= 0.6 is 0 Å². The Balaban J connectivity index is 1.31. The smallest absolute Gasteiger partial charge is 0.443 e. The first-order valence-electron chi connectivity index (χ1n) is 16.0. The Kier molecular flexibility index (Phi) is 10.5. The molecule has 3 unspecified atom stereocenters. The summed E-state index contributed by atoms with van der Waals surface area (Å²) in [5.41, 5.74) is 0.530. The van der Waals surface area contributed by atoms with Crippen molar-refractivity contribution in [3.8, 4) is 0 Å². The van der Waals surface area contributed by atoms with Crippen LogP contribution in [0.1, 0.15) is 53.5 Å². The average molecular weight is 659 g/mol. The van der Waals surface area contributed by atoms with Gasteiger partial charge < -0.3 is 33.9 Å². The molecule has 0 bridgehead atoms. The lowest BCUT2D eigenvalue weighted by atomic mass is 9.79. The fourth-order valence-electron chi connectivity index (χ4n) is 5.96. The van der Waals surface area contributed by atoms with Crippen molar-refractivity contribution in [2.45, 2.75) is 95.0 Å². The van der Waals surface area contributed by atoms with Crippen LogP contribution in [0.25, 0.3) is 0 Å². The molecule has 0 spiro atoms. The van der Waals surface area contributed by atoms with Crippen LogP contribution in [0.5, 0.6) is 0 Å². The van der Waals surface area contributed by atoms with E-state index in [-0.39, 0.29) is 49.1 Å². The Morgan fingerprint density at radius 3 is 2.30 bits per heavy atom. The van der Waals surface area contributed by atoms with Gasteiger partial charge in [-0.2, -0.15) is 4.31 Å². The number of hydrogen-bond acceptors (Lipinski definition) is 9. The molecule has 252 valence electrons. The second kappa shape index (κ2) is 13.9. The third-order valence-electron chi connectivity index (χ3n) is 9.31. The van der Waals surface area contributed by atoms with E-state index in [1.54, 1.807) is 12.1 Å². The van der Waals surface area contributed by atoms with Gasteiger partial charge in [0.15, 0.2) is 6.29 Å². The van der Waals surface area contributed by atoms with Gasteiger partial charge in [-0.1, -0.05) is 56.3 Å². The molecule has 3 aliphatic heterocycles. The lowest BCUT2D eigenvalue weighted by Crippen LogP contribution is -2.51. The van der Waals surface area contributed by atoms with E-state index < -0.39 is 52.7 Å². The van der Waals surface area contributed by atoms with Crippen LogP contribution in [-0.4, -0.2) is 93.1 Å². The molecule has 2 aromatic rings. The van der Waals surface area contributed by atoms with Gasteiger partial charge in [-0.3, -0.25) is 0 Å². The number of hydrogen-bond donors (Lipinski definition) is 2. The zero-order valence-electron chi connectivity index (χ0n) is 27.5. The summed E-state index contributed by atoms with van der Waals surface area (Å²) in [4.78, 5) is 13.2. The fourth-order valence-corrected chi connectivity index (χ4v) is 7.58. The van der Waals surface area contributed by atoms with Crippen LogP contribution in [0.15, 0.2) is 59.5 Å². The van der Waals surface area contributed by atoms with Gasteiger partial charge >= 0.3 is 13.2 Å². The number of aliphatic hydroxyl groups excluding tert-OH is 1. The summed E-state index contributed by atoms with van der Waals surface area (Å²) in [7, 11) is -4.65. The minimum atomic E-state index is -4.02. The summed E-state index contributed by atoms with van der Waals surface area (Å²) in [5, 5.41) is 14.4. The van der Waals surface area contributed by atoms with Crippen LogP contribution in [0.4, 0.5) is 4.79 Å². The number of amides is 1. The molecule has 0 aromatic heterocycles. The highest BCUT2D eigenvalue weighted by molar-refractivity contribution is 7.89. The van der Waals surface area contributed by atoms with Crippen LogP contribution in [0.3, 0.4) is 0 Å². The Labute approximate surface area is 273 Å². The highest BCUT2D eigenvalue weighted by atomic mass is 32.2. The van der Waals surface area contributed by atoms with Gasteiger partial charge in [0.2, 0.25) is 10.0 Å². The molecule has 13 heteroatoms. The Morgan fingerprint density at radius 1 is 1.02 bits per heavy atom. The maximum absolute atomic E-state index is 14.0. The Bertz CT molecular complexity index is 1420. The maximum atomic E-state index is 14.0. The molecule has 0 radical (unpaired) electrons. The first-order valence-corrected chi connectivity index (χ1v) is 17.5. The van der Waals surface area contributed by atoms with Crippen LogP contribution in [-0.2, 0) is 40.0 Å². The van der Waals surface area contributed by atoms with Crippen molar-refractivity contribution in [3.63, 3.8) is 0 Å². The summed E-state index contributed by atoms with van der Waals surface area (Å²) >= 11 is 0. The highest BCUT2D eigenvalue weighted by Gasteiger charge is 2.51. The Hall–Kier alpha value is -2.52. The molecule has 0 saturated carbocycles. The van der Waals surface area contributed by atoms with E-state index in [0.717, 1.165) is 12.0 Å². The number of sulfonamides is 1. The van der Waals surface area contributed by atoms with E-state index in [4.69, 9.17) is 23.5 Å². The van der Waals surface area contributed by atoms with Crippen molar-refractivity contribution in [1.29, 1.82) is 0 Å². The third kappa shape index (κ3) is 7.78. The van der Waals surface area contributed by atoms with Crippen LogP contribution in [0, 0.1) is 11.8 Å². The highest BCUT2D eigenvalue weighted by Crippen LogP contribution is 2.36. The minimum Gasteiger partial charge on any atom is -0.443 e. The predicted octanol–water partition coefficient (Wildman–Crippen LogP) is 3.09. The van der Waals surface area contributed by atoms with Crippen LogP contribution in [0.2, 0.25) is 0 Å². The van der Waals surface area contributed by atoms with E-state index in [9.17, 15) is 18.3 Å². The molecule has 5 rings (SSSR count). The number of nitrogens with zero attached hydrogens (tertiary/aromatic N) is 1. The summed E-state index contributed by atoms with van der Waals surface area (Å²) in [5.74, 6) is -0.0634. The number of rotatable bonds is 12. The molecule has 46 heavy (non-hydrogen) atoms. The van der Waals surface area contributed by atoms with E-state index >= 15 is 0 Å². The molecule has 3 heterocycles. The largest absolute Gasteiger partial charge is 0.494 e. The van der Waals surface area contributed by atoms with Crippen LogP contribution < -0.4 is 10.8 Å². The van der Waals surface area contributed by atoms with Crippen molar-refractivity contribution in [3.05, 3.63) is 60.2 Å². The van der Waals surface area contributed by atoms with Gasteiger partial charge in [0.05, 0.1) is 47.4 Å². The molecule has 2 aromatic carbocycles. The van der Waals surface area contributed by atoms with Crippen molar-refractivity contribution >= 4 is 28.7 Å². The number of nitrogens with one attached hydrogen (secondary N) is 1. The van der Waals surface area contributed by atoms with Gasteiger partial charge in [-0.25, -0.2) is 13.2 Å². The fraction of sp³-hybridized carbons (Fsp3) is 0.606. The zero-order chi connectivity index (χ0) is 33.3.